The number of hydrogen-bond donors (Lipinski definition) is 0. The number of hydrogen-bond acceptors (Lipinski definition) is 6. The molecule has 0 aliphatic carbocycles. The lowest BCUT2D eigenvalue weighted by Crippen LogP contribution is -2.46. The minimum absolute atomic E-state index is 0.0111. The van der Waals surface area contributed by atoms with Crippen molar-refractivity contribution in [2.45, 2.75) is 12.8 Å². The van der Waals surface area contributed by atoms with Crippen LogP contribution >= 0.6 is 0 Å². The average Bonchev–Trinajstić information content (AvgIpc) is 2.99. The second kappa shape index (κ2) is 11.0. The van der Waals surface area contributed by atoms with Crippen LogP contribution in [0.25, 0.3) is 22.2 Å². The molecule has 0 spiro atoms. The number of ketones is 1. The maximum atomic E-state index is 13.9. The summed E-state index contributed by atoms with van der Waals surface area (Å²) in [5.74, 6) is 0.539. The first-order chi connectivity index (χ1) is 19.1. The summed E-state index contributed by atoms with van der Waals surface area (Å²) in [4.78, 5) is 30.9. The van der Waals surface area contributed by atoms with Crippen molar-refractivity contribution < 1.29 is 9.18 Å². The number of nitrogens with zero attached hydrogens (tertiary/aromatic N) is 5. The molecule has 39 heavy (non-hydrogen) atoms. The van der Waals surface area contributed by atoms with Crippen LogP contribution in [0.4, 0.5) is 15.9 Å². The van der Waals surface area contributed by atoms with Crippen molar-refractivity contribution in [3.63, 3.8) is 0 Å². The lowest BCUT2D eigenvalue weighted by Gasteiger charge is -2.36. The van der Waals surface area contributed by atoms with Gasteiger partial charge < -0.3 is 9.80 Å². The third kappa shape index (κ3) is 5.62. The Morgan fingerprint density at radius 1 is 0.769 bits per heavy atom. The SMILES string of the molecule is O=C(Cc1ccc(-c2ccc3ncc(N4CCN(c5ccncc5)CC4)nc3c2)cc1)Cc1ccccc1F. The van der Waals surface area contributed by atoms with Crippen molar-refractivity contribution in [3.05, 3.63) is 114 Å². The van der Waals surface area contributed by atoms with E-state index in [2.05, 4.69) is 25.8 Å². The minimum Gasteiger partial charge on any atom is -0.368 e. The van der Waals surface area contributed by atoms with Gasteiger partial charge >= 0.3 is 0 Å². The zero-order valence-electron chi connectivity index (χ0n) is 21.5. The van der Waals surface area contributed by atoms with Gasteiger partial charge in [0.1, 0.15) is 17.4 Å². The predicted octanol–water partition coefficient (Wildman–Crippen LogP) is 5.51. The molecule has 6 rings (SSSR count). The fraction of sp³-hybridized carbons (Fsp3) is 0.188. The van der Waals surface area contributed by atoms with Crippen LogP contribution in [-0.2, 0) is 17.6 Å². The van der Waals surface area contributed by atoms with Gasteiger partial charge in [0, 0.05) is 57.1 Å². The van der Waals surface area contributed by atoms with Crippen molar-refractivity contribution in [2.75, 3.05) is 36.0 Å². The van der Waals surface area contributed by atoms with Gasteiger partial charge in [0.25, 0.3) is 0 Å². The Hall–Kier alpha value is -4.65. The molecule has 0 N–H and O–H groups in total. The molecule has 5 aromatic rings. The third-order valence-electron chi connectivity index (χ3n) is 7.20. The van der Waals surface area contributed by atoms with Crippen LogP contribution in [0.3, 0.4) is 0 Å². The molecule has 3 aromatic carbocycles. The molecule has 2 aromatic heterocycles. The second-order valence-electron chi connectivity index (χ2n) is 9.79. The number of carbonyl (C=O) groups excluding carboxylic acids is 1. The highest BCUT2D eigenvalue weighted by molar-refractivity contribution is 5.84. The van der Waals surface area contributed by atoms with E-state index < -0.39 is 0 Å². The molecule has 0 bridgehead atoms. The van der Waals surface area contributed by atoms with Gasteiger partial charge in [0.05, 0.1) is 17.2 Å². The van der Waals surface area contributed by atoms with Gasteiger partial charge in [-0.3, -0.25) is 14.8 Å². The molecule has 0 unspecified atom stereocenters. The van der Waals surface area contributed by atoms with Gasteiger partial charge in [-0.2, -0.15) is 0 Å². The molecule has 194 valence electrons. The van der Waals surface area contributed by atoms with E-state index in [1.165, 1.54) is 11.8 Å². The van der Waals surface area contributed by atoms with Crippen molar-refractivity contribution in [2.24, 2.45) is 0 Å². The van der Waals surface area contributed by atoms with Crippen molar-refractivity contribution >= 4 is 28.3 Å². The monoisotopic (exact) mass is 517 g/mol. The van der Waals surface area contributed by atoms with Gasteiger partial charge in [-0.05, 0) is 52.6 Å². The summed E-state index contributed by atoms with van der Waals surface area (Å²) in [5, 5.41) is 0. The van der Waals surface area contributed by atoms with Crippen molar-refractivity contribution in [1.82, 2.24) is 15.0 Å². The number of Topliss-reactive ketones (excluding diaryl/α,β-unsaturated/α-hetero) is 1. The number of carbonyl (C=O) groups is 1. The Bertz CT molecular complexity index is 1600. The highest BCUT2D eigenvalue weighted by atomic mass is 19.1. The van der Waals surface area contributed by atoms with Crippen LogP contribution < -0.4 is 9.80 Å². The number of pyridine rings is 1. The number of aromatic nitrogens is 3. The second-order valence-corrected chi connectivity index (χ2v) is 9.79. The van der Waals surface area contributed by atoms with Gasteiger partial charge in [-0.15, -0.1) is 0 Å². The summed E-state index contributed by atoms with van der Waals surface area (Å²) < 4.78 is 13.9. The first-order valence-electron chi connectivity index (χ1n) is 13.1. The third-order valence-corrected chi connectivity index (χ3v) is 7.20. The Kier molecular flexibility index (Phi) is 6.95. The van der Waals surface area contributed by atoms with Gasteiger partial charge in [-0.25, -0.2) is 9.37 Å². The molecule has 0 radical (unpaired) electrons. The zero-order valence-corrected chi connectivity index (χ0v) is 21.5. The Balaban J connectivity index is 1.13. The molecular formula is C32H28FN5O. The van der Waals surface area contributed by atoms with E-state index in [0.717, 1.165) is 59.7 Å². The van der Waals surface area contributed by atoms with Crippen LogP contribution in [0.1, 0.15) is 11.1 Å². The van der Waals surface area contributed by atoms with Crippen molar-refractivity contribution in [1.29, 1.82) is 0 Å². The zero-order chi connectivity index (χ0) is 26.6. The van der Waals surface area contributed by atoms with E-state index in [-0.39, 0.29) is 24.4 Å². The summed E-state index contributed by atoms with van der Waals surface area (Å²) in [7, 11) is 0. The quantitative estimate of drug-likeness (QED) is 0.284. The maximum Gasteiger partial charge on any atom is 0.147 e. The summed E-state index contributed by atoms with van der Waals surface area (Å²) in [6.07, 6.45) is 5.89. The molecule has 1 saturated heterocycles. The number of benzene rings is 3. The summed E-state index contributed by atoms with van der Waals surface area (Å²) in [5.41, 5.74) is 6.33. The van der Waals surface area contributed by atoms with Gasteiger partial charge in [-0.1, -0.05) is 48.5 Å². The molecule has 3 heterocycles. The molecule has 7 heteroatoms. The summed E-state index contributed by atoms with van der Waals surface area (Å²) >= 11 is 0. The minimum atomic E-state index is -0.337. The number of rotatable bonds is 7. The smallest absolute Gasteiger partial charge is 0.147 e. The van der Waals surface area contributed by atoms with Crippen LogP contribution in [-0.4, -0.2) is 46.9 Å². The average molecular weight is 518 g/mol. The number of anilines is 2. The lowest BCUT2D eigenvalue weighted by molar-refractivity contribution is -0.117. The number of fused-ring (bicyclic) bond motifs is 1. The van der Waals surface area contributed by atoms with E-state index in [1.807, 2.05) is 67.1 Å². The number of piperazine rings is 1. The highest BCUT2D eigenvalue weighted by Gasteiger charge is 2.19. The Morgan fingerprint density at radius 2 is 1.49 bits per heavy atom. The van der Waals surface area contributed by atoms with E-state index >= 15 is 0 Å². The topological polar surface area (TPSA) is 62.2 Å². The first kappa shape index (κ1) is 24.7. The maximum absolute atomic E-state index is 13.9. The van der Waals surface area contributed by atoms with Crippen molar-refractivity contribution in [3.8, 4) is 11.1 Å². The number of halogens is 1. The van der Waals surface area contributed by atoms with Gasteiger partial charge in [0.2, 0.25) is 0 Å². The Morgan fingerprint density at radius 3 is 2.26 bits per heavy atom. The standard InChI is InChI=1S/C32H28FN5O/c33-29-4-2-1-3-26(29)20-28(39)19-23-5-7-24(8-6-23)25-9-10-30-31(21-25)36-32(22-35-30)38-17-15-37(16-18-38)27-11-13-34-14-12-27/h1-14,21-22H,15-20H2. The normalized spacial score (nSPS) is 13.6. The largest absolute Gasteiger partial charge is 0.368 e. The van der Waals surface area contributed by atoms with Crippen LogP contribution in [0, 0.1) is 5.82 Å². The Labute approximate surface area is 226 Å². The molecule has 1 aliphatic rings. The van der Waals surface area contributed by atoms with Gasteiger partial charge in [0.15, 0.2) is 0 Å². The first-order valence-corrected chi connectivity index (χ1v) is 13.1. The molecule has 6 nitrogen and oxygen atoms in total. The summed E-state index contributed by atoms with van der Waals surface area (Å²) in [6, 6.07) is 24.6. The van der Waals surface area contributed by atoms with Crippen LogP contribution in [0.15, 0.2) is 97.5 Å². The molecule has 1 aliphatic heterocycles. The molecule has 1 fully saturated rings. The van der Waals surface area contributed by atoms with E-state index in [4.69, 9.17) is 4.98 Å². The van der Waals surface area contributed by atoms with Crippen LogP contribution in [0.5, 0.6) is 0 Å². The molecule has 0 atom stereocenters. The lowest BCUT2D eigenvalue weighted by atomic mass is 9.99. The predicted molar refractivity (Wildman–Crippen MR) is 152 cm³/mol. The van der Waals surface area contributed by atoms with E-state index in [1.54, 1.807) is 18.2 Å². The molecule has 0 saturated carbocycles. The molecular weight excluding hydrogens is 489 g/mol. The fourth-order valence-electron chi connectivity index (χ4n) is 5.04. The molecule has 0 amide bonds. The fourth-order valence-corrected chi connectivity index (χ4v) is 5.04. The van der Waals surface area contributed by atoms with E-state index in [9.17, 15) is 9.18 Å². The summed E-state index contributed by atoms with van der Waals surface area (Å²) in [6.45, 7) is 3.58. The highest BCUT2D eigenvalue weighted by Crippen LogP contribution is 2.26. The van der Waals surface area contributed by atoms with E-state index in [0.29, 0.717) is 5.56 Å². The van der Waals surface area contributed by atoms with Crippen LogP contribution in [0.2, 0.25) is 0 Å².